The molecule has 0 radical (unpaired) electrons. The third kappa shape index (κ3) is 8.29. The van der Waals surface area contributed by atoms with E-state index in [1.165, 1.54) is 15.3 Å². The number of halogens is 2. The number of hydrogen-bond donors (Lipinski definition) is 1. The summed E-state index contributed by atoms with van der Waals surface area (Å²) in [4.78, 5) is 28.4. The second-order valence-electron chi connectivity index (χ2n) is 9.54. The van der Waals surface area contributed by atoms with Gasteiger partial charge in [0.1, 0.15) is 11.9 Å². The first kappa shape index (κ1) is 31.1. The van der Waals surface area contributed by atoms with Crippen molar-refractivity contribution in [2.75, 3.05) is 23.7 Å². The number of hydrogen-bond acceptors (Lipinski definition) is 4. The Morgan fingerprint density at radius 1 is 1.00 bits per heavy atom. The summed E-state index contributed by atoms with van der Waals surface area (Å²) in [5.74, 6) is -1.20. The summed E-state index contributed by atoms with van der Waals surface area (Å²) in [5.41, 5.74) is 2.19. The molecule has 0 bridgehead atoms. The number of amides is 2. The molecule has 2 amide bonds. The monoisotopic (exact) mass is 587 g/mol. The largest absolute Gasteiger partial charge is 0.355 e. The first-order valence-corrected chi connectivity index (χ1v) is 15.3. The van der Waals surface area contributed by atoms with Crippen LogP contribution in [0.2, 0.25) is 5.02 Å². The molecule has 3 aromatic carbocycles. The minimum Gasteiger partial charge on any atom is -0.355 e. The topological polar surface area (TPSA) is 86.8 Å². The zero-order chi connectivity index (χ0) is 29.3. The molecule has 10 heteroatoms. The minimum absolute atomic E-state index is 0.0315. The second-order valence-corrected chi connectivity index (χ2v) is 11.8. The number of nitrogens with zero attached hydrogens (tertiary/aromatic N) is 2. The molecule has 3 aromatic rings. The van der Waals surface area contributed by atoms with Crippen molar-refractivity contribution >= 4 is 39.1 Å². The van der Waals surface area contributed by atoms with Crippen molar-refractivity contribution in [3.8, 4) is 0 Å². The van der Waals surface area contributed by atoms with E-state index in [2.05, 4.69) is 5.32 Å². The summed E-state index contributed by atoms with van der Waals surface area (Å²) < 4.78 is 41.2. The van der Waals surface area contributed by atoms with Gasteiger partial charge in [0.2, 0.25) is 21.8 Å². The first-order chi connectivity index (χ1) is 19.0. The van der Waals surface area contributed by atoms with Gasteiger partial charge in [-0.2, -0.15) is 0 Å². The number of carbonyl (C=O) groups excluding carboxylic acids is 2. The normalized spacial score (nSPS) is 12.0. The molecule has 0 spiro atoms. The first-order valence-electron chi connectivity index (χ1n) is 13.1. The van der Waals surface area contributed by atoms with Gasteiger partial charge in [-0.1, -0.05) is 66.2 Å². The Morgan fingerprint density at radius 3 is 2.33 bits per heavy atom. The van der Waals surface area contributed by atoms with Gasteiger partial charge in [-0.15, -0.1) is 0 Å². The van der Waals surface area contributed by atoms with E-state index in [0.717, 1.165) is 11.8 Å². The van der Waals surface area contributed by atoms with E-state index in [1.807, 2.05) is 30.3 Å². The highest BCUT2D eigenvalue weighted by Gasteiger charge is 2.31. The Hall–Kier alpha value is -3.43. The van der Waals surface area contributed by atoms with Crippen molar-refractivity contribution in [3.05, 3.63) is 100 Å². The lowest BCUT2D eigenvalue weighted by Crippen LogP contribution is -2.50. The van der Waals surface area contributed by atoms with E-state index >= 15 is 0 Å². The van der Waals surface area contributed by atoms with Gasteiger partial charge < -0.3 is 10.2 Å². The summed E-state index contributed by atoms with van der Waals surface area (Å²) >= 11 is 6.23. The molecule has 1 unspecified atom stereocenters. The molecule has 1 atom stereocenters. The molecule has 214 valence electrons. The molecule has 40 heavy (non-hydrogen) atoms. The number of nitrogens with one attached hydrogen (secondary N) is 1. The number of benzene rings is 3. The van der Waals surface area contributed by atoms with Crippen LogP contribution >= 0.6 is 11.6 Å². The lowest BCUT2D eigenvalue weighted by atomic mass is 10.0. The van der Waals surface area contributed by atoms with E-state index < -0.39 is 21.9 Å². The predicted octanol–water partition coefficient (Wildman–Crippen LogP) is 5.11. The fourth-order valence-corrected chi connectivity index (χ4v) is 5.69. The summed E-state index contributed by atoms with van der Waals surface area (Å²) in [5, 5.41) is 3.24. The summed E-state index contributed by atoms with van der Waals surface area (Å²) in [6, 6.07) is 19.6. The number of anilines is 1. The maximum absolute atomic E-state index is 14.7. The van der Waals surface area contributed by atoms with Crippen molar-refractivity contribution in [1.82, 2.24) is 10.2 Å². The fourth-order valence-electron chi connectivity index (χ4n) is 4.50. The van der Waals surface area contributed by atoms with Gasteiger partial charge in [0.15, 0.2) is 0 Å². The van der Waals surface area contributed by atoms with E-state index in [9.17, 15) is 22.4 Å². The zero-order valence-electron chi connectivity index (χ0n) is 22.9. The van der Waals surface area contributed by atoms with Crippen LogP contribution in [0.25, 0.3) is 0 Å². The van der Waals surface area contributed by atoms with Gasteiger partial charge in [0, 0.05) is 43.1 Å². The molecule has 1 N–H and O–H groups in total. The quantitative estimate of drug-likeness (QED) is 0.301. The molecule has 3 rings (SSSR count). The van der Waals surface area contributed by atoms with Crippen LogP contribution in [0, 0.1) is 12.7 Å². The van der Waals surface area contributed by atoms with Gasteiger partial charge >= 0.3 is 0 Å². The zero-order valence-corrected chi connectivity index (χ0v) is 24.5. The standard InChI is InChI=1S/C30H35ClFN3O4S/c1-4-33-30(37)28(20-23-12-6-5-7-13-23)34(21-24-14-8-9-16-26(24)32)29(36)18-11-19-35(40(3,38)39)27-17-10-15-25(31)22(27)2/h5-10,12-17,28H,4,11,18-21H2,1-3H3,(H,33,37). The Morgan fingerprint density at radius 2 is 1.68 bits per heavy atom. The molecule has 0 aromatic heterocycles. The van der Waals surface area contributed by atoms with Gasteiger partial charge in [-0.3, -0.25) is 13.9 Å². The highest BCUT2D eigenvalue weighted by atomic mass is 35.5. The maximum atomic E-state index is 14.7. The van der Waals surface area contributed by atoms with Gasteiger partial charge in [0.05, 0.1) is 11.9 Å². The van der Waals surface area contributed by atoms with Crippen molar-refractivity contribution in [3.63, 3.8) is 0 Å². The predicted molar refractivity (Wildman–Crippen MR) is 157 cm³/mol. The number of sulfonamides is 1. The van der Waals surface area contributed by atoms with Crippen molar-refractivity contribution in [1.29, 1.82) is 0 Å². The van der Waals surface area contributed by atoms with Gasteiger partial charge in [-0.05, 0) is 49.6 Å². The smallest absolute Gasteiger partial charge is 0.243 e. The third-order valence-electron chi connectivity index (χ3n) is 6.58. The lowest BCUT2D eigenvalue weighted by Gasteiger charge is -2.32. The van der Waals surface area contributed by atoms with E-state index in [1.54, 1.807) is 50.2 Å². The van der Waals surface area contributed by atoms with Crippen molar-refractivity contribution in [2.45, 2.75) is 45.7 Å². The molecule has 0 fully saturated rings. The summed E-state index contributed by atoms with van der Waals surface area (Å²) in [6.07, 6.45) is 1.47. The molecular weight excluding hydrogens is 553 g/mol. The fraction of sp³-hybridized carbons (Fsp3) is 0.333. The van der Waals surface area contributed by atoms with Gasteiger partial charge in [-0.25, -0.2) is 12.8 Å². The molecule has 0 aliphatic carbocycles. The average molecular weight is 588 g/mol. The second kappa shape index (κ2) is 14.3. The van der Waals surface area contributed by atoms with Crippen LogP contribution in [0.5, 0.6) is 0 Å². The number of rotatable bonds is 13. The summed E-state index contributed by atoms with van der Waals surface area (Å²) in [7, 11) is -3.67. The van der Waals surface area contributed by atoms with E-state index in [0.29, 0.717) is 22.8 Å². The molecule has 0 heterocycles. The number of likely N-dealkylation sites (N-methyl/N-ethyl adjacent to an activating group) is 1. The molecule has 0 saturated heterocycles. The molecular formula is C30H35ClFN3O4S. The average Bonchev–Trinajstić information content (AvgIpc) is 2.91. The van der Waals surface area contributed by atoms with Gasteiger partial charge in [0.25, 0.3) is 0 Å². The van der Waals surface area contributed by atoms with Crippen LogP contribution < -0.4 is 9.62 Å². The van der Waals surface area contributed by atoms with Crippen LogP contribution in [0.4, 0.5) is 10.1 Å². The Labute approximate surface area is 241 Å². The maximum Gasteiger partial charge on any atom is 0.243 e. The highest BCUT2D eigenvalue weighted by molar-refractivity contribution is 7.92. The third-order valence-corrected chi connectivity index (χ3v) is 8.17. The minimum atomic E-state index is -3.67. The van der Waals surface area contributed by atoms with Crippen LogP contribution in [0.15, 0.2) is 72.8 Å². The molecule has 0 saturated carbocycles. The molecule has 0 aliphatic rings. The van der Waals surface area contributed by atoms with Crippen LogP contribution in [0.3, 0.4) is 0 Å². The Balaban J connectivity index is 1.89. The number of carbonyl (C=O) groups is 2. The highest BCUT2D eigenvalue weighted by Crippen LogP contribution is 2.28. The molecule has 7 nitrogen and oxygen atoms in total. The Bertz CT molecular complexity index is 1420. The summed E-state index contributed by atoms with van der Waals surface area (Å²) in [6.45, 7) is 3.82. The van der Waals surface area contributed by atoms with E-state index in [4.69, 9.17) is 11.6 Å². The van der Waals surface area contributed by atoms with Crippen molar-refractivity contribution < 1.29 is 22.4 Å². The van der Waals surface area contributed by atoms with Crippen LogP contribution in [0.1, 0.15) is 36.5 Å². The van der Waals surface area contributed by atoms with Crippen LogP contribution in [-0.2, 0) is 32.6 Å². The lowest BCUT2D eigenvalue weighted by molar-refractivity contribution is -0.141. The van der Waals surface area contributed by atoms with Crippen LogP contribution in [-0.4, -0.2) is 50.5 Å². The van der Waals surface area contributed by atoms with Crippen molar-refractivity contribution in [2.24, 2.45) is 0 Å². The molecule has 0 aliphatic heterocycles. The SMILES string of the molecule is CCNC(=O)C(Cc1ccccc1)N(Cc1ccccc1F)C(=O)CCCN(c1cccc(Cl)c1C)S(C)(=O)=O. The van der Waals surface area contributed by atoms with E-state index in [-0.39, 0.29) is 49.7 Å². The Kier molecular flexibility index (Phi) is 11.1.